The highest BCUT2D eigenvalue weighted by Crippen LogP contribution is 2.36. The molecule has 0 radical (unpaired) electrons. The Kier molecular flexibility index (Phi) is 11.1. The second-order valence-corrected chi connectivity index (χ2v) is 13.0. The summed E-state index contributed by atoms with van der Waals surface area (Å²) < 4.78 is 52.8. The Morgan fingerprint density at radius 2 is 1.60 bits per heavy atom. The minimum atomic E-state index is -0.897. The van der Waals surface area contributed by atoms with Crippen LogP contribution < -0.4 is 14.4 Å². The van der Waals surface area contributed by atoms with Gasteiger partial charge < -0.3 is 18.9 Å². The second-order valence-electron chi connectivity index (χ2n) is 12.2. The number of rotatable bonds is 11. The number of ether oxygens (including phenoxy) is 4. The summed E-state index contributed by atoms with van der Waals surface area (Å²) in [6.45, 7) is 2.27. The summed E-state index contributed by atoms with van der Waals surface area (Å²) >= 11 is 12.8. The summed E-state index contributed by atoms with van der Waals surface area (Å²) in [6.07, 6.45) is 2.79. The van der Waals surface area contributed by atoms with Crippen LogP contribution in [0.4, 0.5) is 19.3 Å². The first-order chi connectivity index (χ1) is 24.1. The van der Waals surface area contributed by atoms with E-state index in [-0.39, 0.29) is 30.6 Å². The van der Waals surface area contributed by atoms with E-state index in [1.54, 1.807) is 30.3 Å². The first kappa shape index (κ1) is 35.4. The molecule has 3 fully saturated rings. The number of hydrogen-bond acceptors (Lipinski definition) is 8. The van der Waals surface area contributed by atoms with Crippen molar-refractivity contribution in [3.05, 3.63) is 117 Å². The third-order valence-corrected chi connectivity index (χ3v) is 9.83. The number of para-hydroxylation sites is 1. The van der Waals surface area contributed by atoms with Gasteiger partial charge in [0, 0.05) is 25.4 Å². The van der Waals surface area contributed by atoms with Crippen molar-refractivity contribution in [1.29, 1.82) is 0 Å². The largest absolute Gasteiger partial charge is 0.493 e. The first-order valence-electron chi connectivity index (χ1n) is 16.1. The molecular weight excluding hydrogens is 691 g/mol. The number of nitrogens with zero attached hydrogens (tertiary/aromatic N) is 3. The number of carbonyl (C=O) groups is 2. The Balaban J connectivity index is 1.23. The average Bonchev–Trinajstić information content (AvgIpc) is 3.12. The number of amides is 1. The monoisotopic (exact) mass is 725 g/mol. The van der Waals surface area contributed by atoms with Crippen LogP contribution in [0.25, 0.3) is 0 Å². The molecule has 0 aliphatic carbocycles. The van der Waals surface area contributed by atoms with Crippen LogP contribution in [0.15, 0.2) is 73.1 Å². The lowest BCUT2D eigenvalue weighted by atomic mass is 9.86. The number of carbonyl (C=O) groups excluding carboxylic acids is 2. The molecule has 1 amide bonds. The molecule has 262 valence electrons. The number of esters is 1. The lowest BCUT2D eigenvalue weighted by molar-refractivity contribution is -0.0312. The van der Waals surface area contributed by atoms with Crippen LogP contribution in [-0.4, -0.2) is 61.9 Å². The predicted molar refractivity (Wildman–Crippen MR) is 184 cm³/mol. The average molecular weight is 727 g/mol. The number of pyridine rings is 1. The van der Waals surface area contributed by atoms with Gasteiger partial charge in [0.05, 0.1) is 36.4 Å². The molecule has 50 heavy (non-hydrogen) atoms. The number of methoxy groups -OCH3 is 2. The van der Waals surface area contributed by atoms with E-state index in [9.17, 15) is 9.59 Å². The maximum Gasteiger partial charge on any atom is 0.415 e. The number of anilines is 1. The molecule has 3 saturated heterocycles. The van der Waals surface area contributed by atoms with E-state index in [1.807, 2.05) is 0 Å². The van der Waals surface area contributed by atoms with Gasteiger partial charge in [0.1, 0.15) is 29.5 Å². The lowest BCUT2D eigenvalue weighted by Gasteiger charge is -2.44. The molecule has 13 heteroatoms. The Hall–Kier alpha value is -4.45. The number of aromatic nitrogens is 1. The highest BCUT2D eigenvalue weighted by molar-refractivity contribution is 6.35. The number of halogens is 4. The zero-order valence-electron chi connectivity index (χ0n) is 27.4. The van der Waals surface area contributed by atoms with Gasteiger partial charge in [-0.05, 0) is 84.9 Å². The van der Waals surface area contributed by atoms with Crippen LogP contribution in [0, 0.1) is 17.6 Å². The number of benzene rings is 3. The number of fused-ring (bicyclic) bond motifs is 3. The Morgan fingerprint density at radius 3 is 2.20 bits per heavy atom. The molecule has 9 nitrogen and oxygen atoms in total. The quantitative estimate of drug-likeness (QED) is 0.144. The molecule has 0 spiro atoms. The topological polar surface area (TPSA) is 90.4 Å². The molecule has 7 rings (SSSR count). The van der Waals surface area contributed by atoms with Crippen molar-refractivity contribution in [2.75, 3.05) is 38.8 Å². The first-order valence-corrected chi connectivity index (χ1v) is 16.8. The Bertz CT molecular complexity index is 1820. The fraction of sp³-hybridized carbons (Fsp3) is 0.324. The molecule has 2 atom stereocenters. The summed E-state index contributed by atoms with van der Waals surface area (Å²) in [4.78, 5) is 34.3. The molecule has 3 aromatic carbocycles. The molecule has 2 bridgehead atoms. The zero-order valence-corrected chi connectivity index (χ0v) is 28.9. The maximum absolute atomic E-state index is 15.0. The van der Waals surface area contributed by atoms with Gasteiger partial charge in [-0.25, -0.2) is 18.4 Å². The van der Waals surface area contributed by atoms with Gasteiger partial charge in [-0.2, -0.15) is 0 Å². The van der Waals surface area contributed by atoms with Crippen LogP contribution in [-0.2, 0) is 22.4 Å². The molecular formula is C37H35Cl2F2N3O6. The molecule has 0 saturated carbocycles. The van der Waals surface area contributed by atoms with Crippen LogP contribution in [0.2, 0.25) is 10.0 Å². The minimum absolute atomic E-state index is 0.129. The summed E-state index contributed by atoms with van der Waals surface area (Å²) in [5, 5.41) is 0.623. The van der Waals surface area contributed by atoms with Crippen molar-refractivity contribution in [2.45, 2.75) is 38.0 Å². The molecule has 3 aliphatic rings. The molecule has 1 aromatic heterocycles. The third kappa shape index (κ3) is 7.80. The van der Waals surface area contributed by atoms with Crippen LogP contribution in [0.1, 0.15) is 46.0 Å². The molecule has 4 aromatic rings. The van der Waals surface area contributed by atoms with Gasteiger partial charge in [-0.15, -0.1) is 0 Å². The zero-order chi connectivity index (χ0) is 35.4. The van der Waals surface area contributed by atoms with E-state index in [4.69, 9.17) is 42.1 Å². The van der Waals surface area contributed by atoms with Gasteiger partial charge in [0.2, 0.25) is 0 Å². The Labute approximate surface area is 298 Å². The smallest absolute Gasteiger partial charge is 0.415 e. The van der Waals surface area contributed by atoms with Gasteiger partial charge in [-0.3, -0.25) is 14.8 Å². The van der Waals surface area contributed by atoms with E-state index >= 15 is 8.78 Å². The van der Waals surface area contributed by atoms with E-state index < -0.39 is 35.5 Å². The van der Waals surface area contributed by atoms with Crippen molar-refractivity contribution in [2.24, 2.45) is 5.92 Å². The van der Waals surface area contributed by atoms with Crippen molar-refractivity contribution < 1.29 is 37.3 Å². The molecule has 0 N–H and O–H groups in total. The van der Waals surface area contributed by atoms with Crippen LogP contribution in [0.3, 0.4) is 0 Å². The lowest BCUT2D eigenvalue weighted by Crippen LogP contribution is -2.53. The van der Waals surface area contributed by atoms with Crippen LogP contribution >= 0.6 is 23.2 Å². The Morgan fingerprint density at radius 1 is 0.940 bits per heavy atom. The van der Waals surface area contributed by atoms with Crippen molar-refractivity contribution in [3.8, 4) is 11.5 Å². The molecule has 3 aliphatic heterocycles. The van der Waals surface area contributed by atoms with Gasteiger partial charge in [0.25, 0.3) is 0 Å². The van der Waals surface area contributed by atoms with Crippen molar-refractivity contribution >= 4 is 41.0 Å². The van der Waals surface area contributed by atoms with E-state index in [2.05, 4.69) is 9.88 Å². The van der Waals surface area contributed by atoms with E-state index in [1.165, 1.54) is 44.8 Å². The standard InChI is InChI=1S/C37H35Cl2F2N3O6/c1-47-31-11-10-25(16-33(31)48-2)32(17-26-27(38)18-42-19-28(26)39)49-36(45)24-8-6-22(7-9-24)20-44(35-29(40)4-3-5-30(35)41)37(46)50-34-21-43-14-12-23(34)13-15-43/h3-11,16,18-19,23,32,34H,12-15,17,20-21H2,1-2H3/t32?,34-/m0/s1. The molecule has 1 unspecified atom stereocenters. The van der Waals surface area contributed by atoms with Gasteiger partial charge >= 0.3 is 12.1 Å². The van der Waals surface area contributed by atoms with E-state index in [0.717, 1.165) is 43.0 Å². The van der Waals surface area contributed by atoms with Gasteiger partial charge in [-0.1, -0.05) is 47.5 Å². The predicted octanol–water partition coefficient (Wildman–Crippen LogP) is 8.06. The molecule has 4 heterocycles. The van der Waals surface area contributed by atoms with E-state index in [0.29, 0.717) is 44.8 Å². The highest BCUT2D eigenvalue weighted by atomic mass is 35.5. The third-order valence-electron chi connectivity index (χ3n) is 9.18. The van der Waals surface area contributed by atoms with Crippen molar-refractivity contribution in [1.82, 2.24) is 9.88 Å². The maximum atomic E-state index is 15.0. The summed E-state index contributed by atoms with van der Waals surface area (Å²) in [7, 11) is 3.02. The number of hydrogen-bond donors (Lipinski definition) is 0. The minimum Gasteiger partial charge on any atom is -0.493 e. The van der Waals surface area contributed by atoms with Crippen molar-refractivity contribution in [3.63, 3.8) is 0 Å². The highest BCUT2D eigenvalue weighted by Gasteiger charge is 2.38. The van der Waals surface area contributed by atoms with Gasteiger partial charge in [0.15, 0.2) is 11.5 Å². The van der Waals surface area contributed by atoms with Crippen LogP contribution in [0.5, 0.6) is 11.5 Å². The summed E-state index contributed by atoms with van der Waals surface area (Å²) in [5.74, 6) is -1.32. The summed E-state index contributed by atoms with van der Waals surface area (Å²) in [6, 6.07) is 14.8. The second kappa shape index (κ2) is 15.6. The normalized spacial score (nSPS) is 18.6. The fourth-order valence-electron chi connectivity index (χ4n) is 6.44. The SMILES string of the molecule is COc1ccc(C(Cc2c(Cl)cncc2Cl)OC(=O)c2ccc(CN(C(=O)O[C@H]3CN4CCC3CC4)c3c(F)cccc3F)cc2)cc1OC. The fourth-order valence-corrected chi connectivity index (χ4v) is 6.96. The number of piperidine rings is 3. The summed E-state index contributed by atoms with van der Waals surface area (Å²) in [5.41, 5.74) is 1.33.